The van der Waals surface area contributed by atoms with Gasteiger partial charge in [-0.2, -0.15) is 0 Å². The molecule has 0 aliphatic carbocycles. The summed E-state index contributed by atoms with van der Waals surface area (Å²) in [5, 5.41) is 8.44. The highest BCUT2D eigenvalue weighted by atomic mass is 16.5. The van der Waals surface area contributed by atoms with Crippen molar-refractivity contribution in [1.29, 1.82) is 0 Å². The third-order valence-electron chi connectivity index (χ3n) is 1.32. The molecule has 0 saturated heterocycles. The van der Waals surface area contributed by atoms with Crippen LogP contribution in [0.25, 0.3) is 0 Å². The molecule has 0 amide bonds. The zero-order valence-electron chi connectivity index (χ0n) is 6.53. The molecule has 0 unspecified atom stereocenters. The molecular formula is C7H9NO4. The predicted octanol–water partition coefficient (Wildman–Crippen LogP) is 0.497. The van der Waals surface area contributed by atoms with Crippen LogP contribution in [0.1, 0.15) is 5.76 Å². The number of anilines is 1. The summed E-state index contributed by atoms with van der Waals surface area (Å²) < 4.78 is 9.72. The molecule has 3 N–H and O–H groups in total. The molecule has 1 aromatic rings. The minimum absolute atomic E-state index is 0.156. The number of nitrogen functional groups attached to an aromatic ring is 1. The normalized spacial score (nSPS) is 9.75. The van der Waals surface area contributed by atoms with Gasteiger partial charge in [0.1, 0.15) is 6.42 Å². The van der Waals surface area contributed by atoms with Crippen molar-refractivity contribution in [2.75, 3.05) is 12.8 Å². The number of nitrogens with two attached hydrogens (primary N) is 1. The maximum absolute atomic E-state index is 10.3. The molecule has 0 atom stereocenters. The van der Waals surface area contributed by atoms with E-state index in [1.165, 1.54) is 13.2 Å². The second-order valence-corrected chi connectivity index (χ2v) is 2.21. The fourth-order valence-corrected chi connectivity index (χ4v) is 0.865. The van der Waals surface area contributed by atoms with Crippen LogP contribution in [0, 0.1) is 0 Å². The first kappa shape index (κ1) is 8.45. The summed E-state index contributed by atoms with van der Waals surface area (Å²) in [5.74, 6) is -0.219. The van der Waals surface area contributed by atoms with Gasteiger partial charge in [-0.1, -0.05) is 0 Å². The van der Waals surface area contributed by atoms with Crippen LogP contribution in [0.15, 0.2) is 10.5 Å². The molecule has 12 heavy (non-hydrogen) atoms. The standard InChI is InChI=1S/C7H9NO4/c1-11-4-2-6(8)12-5(4)3-7(9)10/h2H,3,8H2,1H3,(H,9,10). The maximum atomic E-state index is 10.3. The van der Waals surface area contributed by atoms with Crippen molar-refractivity contribution >= 4 is 11.9 Å². The number of ether oxygens (including phenoxy) is 1. The third-order valence-corrected chi connectivity index (χ3v) is 1.32. The largest absolute Gasteiger partial charge is 0.493 e. The van der Waals surface area contributed by atoms with Gasteiger partial charge in [0.05, 0.1) is 7.11 Å². The average Bonchev–Trinajstić information content (AvgIpc) is 2.29. The van der Waals surface area contributed by atoms with Crippen LogP contribution in [-0.4, -0.2) is 18.2 Å². The van der Waals surface area contributed by atoms with Gasteiger partial charge in [-0.3, -0.25) is 4.79 Å². The molecule has 1 rings (SSSR count). The zero-order valence-corrected chi connectivity index (χ0v) is 6.53. The SMILES string of the molecule is COc1cc(N)oc1CC(=O)O. The molecule has 0 aliphatic heterocycles. The van der Waals surface area contributed by atoms with Gasteiger partial charge in [-0.05, 0) is 0 Å². The summed E-state index contributed by atoms with van der Waals surface area (Å²) in [4.78, 5) is 10.3. The minimum Gasteiger partial charge on any atom is -0.493 e. The van der Waals surface area contributed by atoms with E-state index >= 15 is 0 Å². The van der Waals surface area contributed by atoms with Crippen LogP contribution < -0.4 is 10.5 Å². The molecule has 0 aromatic carbocycles. The van der Waals surface area contributed by atoms with Crippen LogP contribution in [0.2, 0.25) is 0 Å². The van der Waals surface area contributed by atoms with Crippen molar-refractivity contribution in [2.45, 2.75) is 6.42 Å². The topological polar surface area (TPSA) is 85.7 Å². The van der Waals surface area contributed by atoms with Crippen molar-refractivity contribution in [3.8, 4) is 5.75 Å². The summed E-state index contributed by atoms with van der Waals surface area (Å²) in [7, 11) is 1.43. The van der Waals surface area contributed by atoms with Crippen LogP contribution in [0.3, 0.4) is 0 Å². The molecule has 0 saturated carbocycles. The molecule has 5 heteroatoms. The fraction of sp³-hybridized carbons (Fsp3) is 0.286. The number of carbonyl (C=O) groups is 1. The van der Waals surface area contributed by atoms with Gasteiger partial charge in [-0.15, -0.1) is 0 Å². The molecule has 0 bridgehead atoms. The lowest BCUT2D eigenvalue weighted by Crippen LogP contribution is -2.00. The Morgan fingerprint density at radius 1 is 1.83 bits per heavy atom. The lowest BCUT2D eigenvalue weighted by Gasteiger charge is -1.95. The van der Waals surface area contributed by atoms with E-state index in [1.807, 2.05) is 0 Å². The van der Waals surface area contributed by atoms with Crippen molar-refractivity contribution < 1.29 is 19.1 Å². The van der Waals surface area contributed by atoms with Gasteiger partial charge in [0.15, 0.2) is 17.4 Å². The highest BCUT2D eigenvalue weighted by Gasteiger charge is 2.12. The number of hydrogen-bond donors (Lipinski definition) is 2. The second kappa shape index (κ2) is 3.17. The highest BCUT2D eigenvalue weighted by Crippen LogP contribution is 2.24. The minimum atomic E-state index is -0.984. The summed E-state index contributed by atoms with van der Waals surface area (Å²) in [6.07, 6.45) is -0.222. The van der Waals surface area contributed by atoms with Gasteiger partial charge in [0.2, 0.25) is 0 Å². The van der Waals surface area contributed by atoms with Crippen LogP contribution in [-0.2, 0) is 11.2 Å². The summed E-state index contributed by atoms with van der Waals surface area (Å²) in [6.45, 7) is 0. The Kier molecular flexibility index (Phi) is 2.23. The molecule has 1 heterocycles. The lowest BCUT2D eigenvalue weighted by atomic mass is 10.3. The van der Waals surface area contributed by atoms with Gasteiger partial charge in [-0.25, -0.2) is 0 Å². The van der Waals surface area contributed by atoms with Crippen LogP contribution >= 0.6 is 0 Å². The van der Waals surface area contributed by atoms with Gasteiger partial charge in [0, 0.05) is 6.07 Å². The quantitative estimate of drug-likeness (QED) is 0.691. The Hall–Kier alpha value is -1.65. The molecule has 0 aliphatic rings. The van der Waals surface area contributed by atoms with E-state index in [2.05, 4.69) is 0 Å². The van der Waals surface area contributed by atoms with Gasteiger partial charge in [0.25, 0.3) is 0 Å². The number of hydrogen-bond acceptors (Lipinski definition) is 4. The van der Waals surface area contributed by atoms with Crippen molar-refractivity contribution in [3.05, 3.63) is 11.8 Å². The second-order valence-electron chi connectivity index (χ2n) is 2.21. The number of rotatable bonds is 3. The average molecular weight is 171 g/mol. The summed E-state index contributed by atoms with van der Waals surface area (Å²) in [6, 6.07) is 1.44. The first-order valence-electron chi connectivity index (χ1n) is 3.27. The van der Waals surface area contributed by atoms with E-state index in [4.69, 9.17) is 20.0 Å². The number of carboxylic acids is 1. The first-order chi connectivity index (χ1) is 5.63. The molecule has 1 aromatic heterocycles. The molecule has 0 fully saturated rings. The predicted molar refractivity (Wildman–Crippen MR) is 41.0 cm³/mol. The molecule has 5 nitrogen and oxygen atoms in total. The molecule has 66 valence electrons. The van der Waals surface area contributed by atoms with E-state index in [0.717, 1.165) is 0 Å². The van der Waals surface area contributed by atoms with E-state index in [0.29, 0.717) is 5.75 Å². The lowest BCUT2D eigenvalue weighted by molar-refractivity contribution is -0.136. The number of methoxy groups -OCH3 is 1. The van der Waals surface area contributed by atoms with E-state index < -0.39 is 5.97 Å². The van der Waals surface area contributed by atoms with Crippen molar-refractivity contribution in [3.63, 3.8) is 0 Å². The monoisotopic (exact) mass is 171 g/mol. The summed E-state index contributed by atoms with van der Waals surface area (Å²) >= 11 is 0. The van der Waals surface area contributed by atoms with E-state index in [1.54, 1.807) is 0 Å². The van der Waals surface area contributed by atoms with Gasteiger partial charge < -0.3 is 20.0 Å². The van der Waals surface area contributed by atoms with Crippen molar-refractivity contribution in [2.24, 2.45) is 0 Å². The Balaban J connectivity index is 2.89. The number of carboxylic acid groups (broad SMARTS) is 1. The van der Waals surface area contributed by atoms with Crippen molar-refractivity contribution in [1.82, 2.24) is 0 Å². The Morgan fingerprint density at radius 2 is 2.50 bits per heavy atom. The molecule has 0 radical (unpaired) electrons. The Bertz CT molecular complexity index is 292. The number of furan rings is 1. The fourth-order valence-electron chi connectivity index (χ4n) is 0.865. The van der Waals surface area contributed by atoms with E-state index in [9.17, 15) is 4.79 Å². The maximum Gasteiger partial charge on any atom is 0.311 e. The van der Waals surface area contributed by atoms with Gasteiger partial charge >= 0.3 is 5.97 Å². The zero-order chi connectivity index (χ0) is 9.14. The summed E-state index contributed by atoms with van der Waals surface area (Å²) in [5.41, 5.74) is 5.29. The van der Waals surface area contributed by atoms with Crippen LogP contribution in [0.5, 0.6) is 5.75 Å². The number of aliphatic carboxylic acids is 1. The third kappa shape index (κ3) is 1.69. The van der Waals surface area contributed by atoms with Crippen LogP contribution in [0.4, 0.5) is 5.88 Å². The Morgan fingerprint density at radius 3 is 3.00 bits per heavy atom. The molecular weight excluding hydrogens is 162 g/mol. The van der Waals surface area contributed by atoms with E-state index in [-0.39, 0.29) is 18.1 Å². The first-order valence-corrected chi connectivity index (χ1v) is 3.27. The smallest absolute Gasteiger partial charge is 0.311 e. The highest BCUT2D eigenvalue weighted by molar-refractivity contribution is 5.70. The molecule has 0 spiro atoms. The Labute approximate surface area is 68.7 Å².